The zero-order valence-electron chi connectivity index (χ0n) is 22.8. The van der Waals surface area contributed by atoms with Crippen LogP contribution < -0.4 is 26.2 Å². The molecule has 1 aliphatic carbocycles. The van der Waals surface area contributed by atoms with Crippen molar-refractivity contribution in [3.05, 3.63) is 74.4 Å². The molecular formula is C26H32FN7O4S2. The van der Waals surface area contributed by atoms with Crippen molar-refractivity contribution in [1.82, 2.24) is 29.0 Å². The van der Waals surface area contributed by atoms with E-state index < -0.39 is 32.6 Å². The van der Waals surface area contributed by atoms with E-state index in [1.807, 2.05) is 14.0 Å². The fourth-order valence-electron chi connectivity index (χ4n) is 4.53. The maximum Gasteiger partial charge on any atom is 0.332 e. The Morgan fingerprint density at radius 3 is 2.50 bits per heavy atom. The largest absolute Gasteiger partial charge is 0.371 e. The van der Waals surface area contributed by atoms with E-state index in [2.05, 4.69) is 15.1 Å². The van der Waals surface area contributed by atoms with Crippen molar-refractivity contribution in [3.8, 4) is 0 Å². The number of aryl methyl sites for hydroxylation is 1. The highest BCUT2D eigenvalue weighted by Gasteiger charge is 2.41. The summed E-state index contributed by atoms with van der Waals surface area (Å²) in [5.41, 5.74) is -0.164. The third-order valence-electron chi connectivity index (χ3n) is 7.08. The monoisotopic (exact) mass is 589 g/mol. The molecule has 214 valence electrons. The lowest BCUT2D eigenvalue weighted by molar-refractivity contribution is 0.560. The Morgan fingerprint density at radius 2 is 1.88 bits per heavy atom. The van der Waals surface area contributed by atoms with Crippen LogP contribution in [0.4, 0.5) is 10.1 Å². The van der Waals surface area contributed by atoms with Gasteiger partial charge in [-0.3, -0.25) is 18.6 Å². The zero-order valence-corrected chi connectivity index (χ0v) is 24.4. The highest BCUT2D eigenvalue weighted by atomic mass is 32.2. The molecule has 3 aromatic heterocycles. The Hall–Kier alpha value is -3.33. The fourth-order valence-corrected chi connectivity index (χ4v) is 7.43. The Labute approximate surface area is 234 Å². The van der Waals surface area contributed by atoms with Crippen molar-refractivity contribution in [3.63, 3.8) is 0 Å². The molecule has 0 amide bonds. The molecule has 1 aliphatic rings. The third kappa shape index (κ3) is 5.61. The number of halogens is 1. The lowest BCUT2D eigenvalue weighted by Crippen LogP contribution is -2.40. The number of sulfonamides is 1. The van der Waals surface area contributed by atoms with Gasteiger partial charge in [-0.25, -0.2) is 22.3 Å². The Balaban J connectivity index is 1.60. The average Bonchev–Trinajstić information content (AvgIpc) is 3.26. The number of rotatable bonds is 11. The number of nitrogens with one attached hydrogen (secondary N) is 2. The molecule has 2 N–H and O–H groups in total. The van der Waals surface area contributed by atoms with Crippen LogP contribution in [0.5, 0.6) is 0 Å². The van der Waals surface area contributed by atoms with Crippen molar-refractivity contribution in [2.45, 2.75) is 42.6 Å². The molecule has 14 heteroatoms. The molecule has 0 bridgehead atoms. The van der Waals surface area contributed by atoms with Crippen LogP contribution in [0.25, 0.3) is 10.2 Å². The minimum absolute atomic E-state index is 0.0424. The third-order valence-corrected chi connectivity index (χ3v) is 10.3. The summed E-state index contributed by atoms with van der Waals surface area (Å²) in [5.74, 6) is -0.444. The van der Waals surface area contributed by atoms with Crippen LogP contribution in [0.3, 0.4) is 0 Å². The molecule has 0 atom stereocenters. The quantitative estimate of drug-likeness (QED) is 0.273. The predicted octanol–water partition coefficient (Wildman–Crippen LogP) is 1.68. The second-order valence-electron chi connectivity index (χ2n) is 10.5. The lowest BCUT2D eigenvalue weighted by Gasteiger charge is -2.20. The van der Waals surface area contributed by atoms with Gasteiger partial charge in [-0.05, 0) is 50.6 Å². The van der Waals surface area contributed by atoms with E-state index in [0.717, 1.165) is 28.7 Å². The van der Waals surface area contributed by atoms with Crippen LogP contribution in [-0.4, -0.2) is 60.1 Å². The molecule has 4 aromatic rings. The van der Waals surface area contributed by atoms with E-state index in [-0.39, 0.29) is 27.5 Å². The second-order valence-corrected chi connectivity index (χ2v) is 13.5. The summed E-state index contributed by atoms with van der Waals surface area (Å²) >= 11 is 0.861. The average molecular weight is 590 g/mol. The number of thiophene rings is 1. The summed E-state index contributed by atoms with van der Waals surface area (Å²) in [4.78, 5) is 29.2. The summed E-state index contributed by atoms with van der Waals surface area (Å²) in [6.07, 6.45) is 4.71. The summed E-state index contributed by atoms with van der Waals surface area (Å²) in [6.45, 7) is 3.01. The normalized spacial score (nSPS) is 14.6. The molecule has 0 unspecified atom stereocenters. The molecule has 0 saturated heterocycles. The van der Waals surface area contributed by atoms with Gasteiger partial charge in [-0.1, -0.05) is 6.07 Å². The van der Waals surface area contributed by atoms with Crippen LogP contribution in [0.2, 0.25) is 0 Å². The highest BCUT2D eigenvalue weighted by molar-refractivity contribution is 7.91. The number of nitrogens with zero attached hydrogens (tertiary/aromatic N) is 5. The van der Waals surface area contributed by atoms with Gasteiger partial charge in [-0.15, -0.1) is 11.3 Å². The van der Waals surface area contributed by atoms with E-state index in [0.29, 0.717) is 29.9 Å². The highest BCUT2D eigenvalue weighted by Crippen LogP contribution is 2.37. The summed E-state index contributed by atoms with van der Waals surface area (Å²) < 4.78 is 48.0. The number of aromatic nitrogens is 4. The molecule has 40 heavy (non-hydrogen) atoms. The van der Waals surface area contributed by atoms with Gasteiger partial charge in [0.15, 0.2) is 0 Å². The van der Waals surface area contributed by atoms with Gasteiger partial charge in [0.2, 0.25) is 0 Å². The lowest BCUT2D eigenvalue weighted by atomic mass is 10.1. The van der Waals surface area contributed by atoms with Crippen molar-refractivity contribution in [1.29, 1.82) is 0 Å². The molecule has 0 spiro atoms. The first kappa shape index (κ1) is 28.2. The van der Waals surface area contributed by atoms with E-state index in [4.69, 9.17) is 0 Å². The number of anilines is 1. The van der Waals surface area contributed by atoms with Gasteiger partial charge in [0, 0.05) is 44.5 Å². The fraction of sp³-hybridized carbons (Fsp3) is 0.423. The van der Waals surface area contributed by atoms with Crippen molar-refractivity contribution in [2.24, 2.45) is 7.05 Å². The van der Waals surface area contributed by atoms with Crippen LogP contribution in [0.15, 0.2) is 50.5 Å². The van der Waals surface area contributed by atoms with Gasteiger partial charge < -0.3 is 10.2 Å². The van der Waals surface area contributed by atoms with Gasteiger partial charge in [-0.2, -0.15) is 5.10 Å². The van der Waals surface area contributed by atoms with Gasteiger partial charge in [0.25, 0.3) is 15.6 Å². The maximum atomic E-state index is 15.1. The molecule has 11 nitrogen and oxygen atoms in total. The predicted molar refractivity (Wildman–Crippen MR) is 153 cm³/mol. The molecular weight excluding hydrogens is 557 g/mol. The number of likely N-dealkylation sites (N-methyl/N-ethyl adjacent to an activating group) is 2. The number of hydrogen-bond acceptors (Lipinski definition) is 8. The Morgan fingerprint density at radius 1 is 1.15 bits per heavy atom. The number of fused-ring (bicyclic) bond motifs is 1. The van der Waals surface area contributed by atoms with Gasteiger partial charge in [0.05, 0.1) is 30.4 Å². The second kappa shape index (κ2) is 10.6. The van der Waals surface area contributed by atoms with Crippen molar-refractivity contribution in [2.75, 3.05) is 32.1 Å². The first-order chi connectivity index (χ1) is 18.9. The summed E-state index contributed by atoms with van der Waals surface area (Å²) in [6, 6.07) is 6.07. The standard InChI is InChI=1S/C26H32FN7O4S2/c1-26(7-8-26)30-40(37,38)22-12-19-23(35)33(16-18-13-29-32(4)14-18)25(36)34(24(19)39-22)15-17-5-6-21(20(27)11-17)31(3)10-9-28-2/h5-6,11-14,28,30H,7-10,15-16H2,1-4H3. The Bertz CT molecular complexity index is 1800. The van der Waals surface area contributed by atoms with Crippen LogP contribution in [0.1, 0.15) is 30.9 Å². The maximum absolute atomic E-state index is 15.1. The van der Waals surface area contributed by atoms with Crippen molar-refractivity contribution >= 4 is 37.3 Å². The molecule has 0 radical (unpaired) electrons. The Kier molecular flexibility index (Phi) is 7.46. The van der Waals surface area contributed by atoms with Gasteiger partial charge in [0.1, 0.15) is 14.9 Å². The first-order valence-corrected chi connectivity index (χ1v) is 15.1. The molecule has 5 rings (SSSR count). The molecule has 0 aliphatic heterocycles. The minimum Gasteiger partial charge on any atom is -0.371 e. The smallest absolute Gasteiger partial charge is 0.332 e. The molecule has 3 heterocycles. The summed E-state index contributed by atoms with van der Waals surface area (Å²) in [5, 5.41) is 7.25. The molecule has 1 fully saturated rings. The van der Waals surface area contributed by atoms with E-state index >= 15 is 4.39 Å². The molecule has 1 saturated carbocycles. The van der Waals surface area contributed by atoms with E-state index in [1.54, 1.807) is 48.2 Å². The van der Waals surface area contributed by atoms with E-state index in [1.165, 1.54) is 16.7 Å². The van der Waals surface area contributed by atoms with Crippen LogP contribution in [-0.2, 0) is 30.2 Å². The topological polar surface area (TPSA) is 123 Å². The van der Waals surface area contributed by atoms with Gasteiger partial charge >= 0.3 is 5.69 Å². The number of hydrogen-bond donors (Lipinski definition) is 2. The number of benzene rings is 1. The van der Waals surface area contributed by atoms with Crippen LogP contribution in [0, 0.1) is 5.82 Å². The SMILES string of the molecule is CNCCN(C)c1ccc(Cn2c(=O)n(Cc3cnn(C)c3)c(=O)c3cc(S(=O)(=O)NC4(C)CC4)sc32)cc1F. The van der Waals surface area contributed by atoms with E-state index in [9.17, 15) is 18.0 Å². The molecule has 1 aromatic carbocycles. The zero-order chi connectivity index (χ0) is 28.8. The van der Waals surface area contributed by atoms with Crippen LogP contribution >= 0.6 is 11.3 Å². The summed E-state index contributed by atoms with van der Waals surface area (Å²) in [7, 11) is 1.43. The first-order valence-electron chi connectivity index (χ1n) is 12.8. The van der Waals surface area contributed by atoms with Crippen molar-refractivity contribution < 1.29 is 12.8 Å². The minimum atomic E-state index is -3.91.